The molecule has 1 atom stereocenters. The van der Waals surface area contributed by atoms with Gasteiger partial charge in [0.15, 0.2) is 0 Å². The maximum absolute atomic E-state index is 8.80. The minimum absolute atomic E-state index is 0.180. The fourth-order valence-corrected chi connectivity index (χ4v) is 1.47. The van der Waals surface area contributed by atoms with E-state index in [1.807, 2.05) is 12.1 Å². The van der Waals surface area contributed by atoms with Crippen LogP contribution in [-0.4, -0.2) is 13.7 Å². The minimum atomic E-state index is -0.180. The Morgan fingerprint density at radius 1 is 1.64 bits per heavy atom. The summed E-state index contributed by atoms with van der Waals surface area (Å²) in [7, 11) is 1.60. The number of methoxy groups -OCH3 is 1. The molecule has 1 rings (SSSR count). The molecule has 3 nitrogen and oxygen atoms in total. The van der Waals surface area contributed by atoms with Crippen LogP contribution in [0, 0.1) is 11.3 Å². The van der Waals surface area contributed by atoms with Gasteiger partial charge in [-0.25, -0.2) is 0 Å². The lowest BCUT2D eigenvalue weighted by Gasteiger charge is -2.11. The third kappa shape index (κ3) is 2.55. The lowest BCUT2D eigenvalue weighted by atomic mass is 10.1. The normalized spacial score (nSPS) is 12.1. The van der Waals surface area contributed by atoms with Gasteiger partial charge in [-0.1, -0.05) is 6.07 Å². The van der Waals surface area contributed by atoms with Crippen molar-refractivity contribution in [2.45, 2.75) is 6.04 Å². The summed E-state index contributed by atoms with van der Waals surface area (Å²) in [5, 5.41) is 8.80. The molecule has 0 aromatic heterocycles. The van der Waals surface area contributed by atoms with Gasteiger partial charge in [-0.2, -0.15) is 5.26 Å². The van der Waals surface area contributed by atoms with Gasteiger partial charge in [0.1, 0.15) is 6.07 Å². The molecule has 0 saturated carbocycles. The second-order valence-corrected chi connectivity index (χ2v) is 3.77. The number of nitrogens with zero attached hydrogens (tertiary/aromatic N) is 1. The highest BCUT2D eigenvalue weighted by Crippen LogP contribution is 2.20. The number of nitriles is 1. The Balaban J connectivity index is 2.95. The Bertz CT molecular complexity index is 360. The van der Waals surface area contributed by atoms with E-state index in [2.05, 4.69) is 22.0 Å². The summed E-state index contributed by atoms with van der Waals surface area (Å²) in [6.45, 7) is 0.451. The Kier molecular flexibility index (Phi) is 4.08. The summed E-state index contributed by atoms with van der Waals surface area (Å²) >= 11 is 3.28. The van der Waals surface area contributed by atoms with Crippen molar-refractivity contribution in [3.8, 4) is 6.07 Å². The first-order valence-corrected chi connectivity index (χ1v) is 4.92. The molecule has 0 radical (unpaired) electrons. The summed E-state index contributed by atoms with van der Waals surface area (Å²) in [4.78, 5) is 0. The Labute approximate surface area is 91.6 Å². The average Bonchev–Trinajstić information content (AvgIpc) is 2.19. The second kappa shape index (κ2) is 5.11. The van der Waals surface area contributed by atoms with Crippen molar-refractivity contribution in [3.63, 3.8) is 0 Å². The average molecular weight is 255 g/mol. The van der Waals surface area contributed by atoms with Gasteiger partial charge >= 0.3 is 0 Å². The number of rotatable bonds is 3. The van der Waals surface area contributed by atoms with Crippen molar-refractivity contribution >= 4 is 15.9 Å². The molecular weight excluding hydrogens is 244 g/mol. The summed E-state index contributed by atoms with van der Waals surface area (Å²) < 4.78 is 5.73. The van der Waals surface area contributed by atoms with E-state index in [0.717, 1.165) is 10.0 Å². The standard InChI is InChI=1S/C10H11BrN2O/c1-14-6-10(13)7-2-3-9(11)8(4-7)5-12/h2-4,10H,6,13H2,1H3/t10-/m0/s1. The summed E-state index contributed by atoms with van der Waals surface area (Å²) in [6.07, 6.45) is 0. The number of ether oxygens (including phenoxy) is 1. The first kappa shape index (κ1) is 11.2. The maximum Gasteiger partial charge on any atom is 0.100 e. The highest BCUT2D eigenvalue weighted by molar-refractivity contribution is 9.10. The first-order valence-electron chi connectivity index (χ1n) is 4.13. The number of halogens is 1. The third-order valence-corrected chi connectivity index (χ3v) is 2.58. The molecule has 0 heterocycles. The van der Waals surface area contributed by atoms with Crippen LogP contribution in [0.4, 0.5) is 0 Å². The molecule has 1 aromatic rings. The van der Waals surface area contributed by atoms with Crippen LogP contribution >= 0.6 is 15.9 Å². The smallest absolute Gasteiger partial charge is 0.100 e. The van der Waals surface area contributed by atoms with Crippen LogP contribution in [0.2, 0.25) is 0 Å². The molecule has 0 unspecified atom stereocenters. The molecule has 2 N–H and O–H groups in total. The molecule has 4 heteroatoms. The molecule has 0 spiro atoms. The van der Waals surface area contributed by atoms with E-state index < -0.39 is 0 Å². The molecule has 0 bridgehead atoms. The van der Waals surface area contributed by atoms with E-state index in [9.17, 15) is 0 Å². The summed E-state index contributed by atoms with van der Waals surface area (Å²) in [5.74, 6) is 0. The summed E-state index contributed by atoms with van der Waals surface area (Å²) in [6, 6.07) is 7.39. The highest BCUT2D eigenvalue weighted by atomic mass is 79.9. The van der Waals surface area contributed by atoms with Crippen LogP contribution in [0.1, 0.15) is 17.2 Å². The monoisotopic (exact) mass is 254 g/mol. The van der Waals surface area contributed by atoms with Crippen LogP contribution in [0.5, 0.6) is 0 Å². The van der Waals surface area contributed by atoms with Gasteiger partial charge in [0.05, 0.1) is 18.2 Å². The molecule has 0 aliphatic carbocycles. The molecular formula is C10H11BrN2O. The van der Waals surface area contributed by atoms with Crippen molar-refractivity contribution in [1.29, 1.82) is 5.26 Å². The van der Waals surface area contributed by atoms with Gasteiger partial charge in [-0.15, -0.1) is 0 Å². The lowest BCUT2D eigenvalue weighted by Crippen LogP contribution is -2.16. The number of benzene rings is 1. The van der Waals surface area contributed by atoms with E-state index >= 15 is 0 Å². The van der Waals surface area contributed by atoms with Crippen LogP contribution < -0.4 is 5.73 Å². The zero-order valence-corrected chi connectivity index (χ0v) is 9.41. The second-order valence-electron chi connectivity index (χ2n) is 2.91. The van der Waals surface area contributed by atoms with E-state index in [-0.39, 0.29) is 6.04 Å². The van der Waals surface area contributed by atoms with Crippen LogP contribution in [0.25, 0.3) is 0 Å². The van der Waals surface area contributed by atoms with Crippen molar-refractivity contribution < 1.29 is 4.74 Å². The van der Waals surface area contributed by atoms with Gasteiger partial charge in [-0.3, -0.25) is 0 Å². The van der Waals surface area contributed by atoms with Crippen molar-refractivity contribution in [3.05, 3.63) is 33.8 Å². The minimum Gasteiger partial charge on any atom is -0.383 e. The molecule has 0 amide bonds. The van der Waals surface area contributed by atoms with Gasteiger partial charge in [-0.05, 0) is 33.6 Å². The van der Waals surface area contributed by atoms with Crippen LogP contribution in [0.15, 0.2) is 22.7 Å². The molecule has 0 aliphatic rings. The molecule has 0 fully saturated rings. The van der Waals surface area contributed by atoms with E-state index in [1.165, 1.54) is 0 Å². The molecule has 14 heavy (non-hydrogen) atoms. The Morgan fingerprint density at radius 2 is 2.36 bits per heavy atom. The fraction of sp³-hybridized carbons (Fsp3) is 0.300. The van der Waals surface area contributed by atoms with Crippen molar-refractivity contribution in [2.75, 3.05) is 13.7 Å². The van der Waals surface area contributed by atoms with Gasteiger partial charge in [0.25, 0.3) is 0 Å². The maximum atomic E-state index is 8.80. The highest BCUT2D eigenvalue weighted by Gasteiger charge is 2.07. The third-order valence-electron chi connectivity index (χ3n) is 1.89. The van der Waals surface area contributed by atoms with Gasteiger partial charge < -0.3 is 10.5 Å². The predicted molar refractivity (Wildman–Crippen MR) is 57.7 cm³/mol. The fourth-order valence-electron chi connectivity index (χ4n) is 1.13. The van der Waals surface area contributed by atoms with Gasteiger partial charge in [0.2, 0.25) is 0 Å². The molecule has 74 valence electrons. The first-order chi connectivity index (χ1) is 6.69. The van der Waals surface area contributed by atoms with E-state index in [1.54, 1.807) is 13.2 Å². The van der Waals surface area contributed by atoms with Crippen LogP contribution in [0.3, 0.4) is 0 Å². The largest absolute Gasteiger partial charge is 0.383 e. The van der Waals surface area contributed by atoms with Crippen LogP contribution in [-0.2, 0) is 4.74 Å². The SMILES string of the molecule is COC[C@H](N)c1ccc(Br)c(C#N)c1. The number of hydrogen-bond donors (Lipinski definition) is 1. The molecule has 0 saturated heterocycles. The van der Waals surface area contributed by atoms with Gasteiger partial charge in [0, 0.05) is 11.6 Å². The van der Waals surface area contributed by atoms with E-state index in [0.29, 0.717) is 12.2 Å². The van der Waals surface area contributed by atoms with E-state index in [4.69, 9.17) is 15.7 Å². The van der Waals surface area contributed by atoms with Crippen molar-refractivity contribution in [1.82, 2.24) is 0 Å². The number of nitrogens with two attached hydrogens (primary N) is 1. The topological polar surface area (TPSA) is 59.0 Å². The Morgan fingerprint density at radius 3 is 2.93 bits per heavy atom. The zero-order chi connectivity index (χ0) is 10.6. The molecule has 1 aromatic carbocycles. The lowest BCUT2D eigenvalue weighted by molar-refractivity contribution is 0.181. The molecule has 0 aliphatic heterocycles. The summed E-state index contributed by atoms with van der Waals surface area (Å²) in [5.41, 5.74) is 7.33. The van der Waals surface area contributed by atoms with Crippen molar-refractivity contribution in [2.24, 2.45) is 5.73 Å². The number of hydrogen-bond acceptors (Lipinski definition) is 3. The zero-order valence-electron chi connectivity index (χ0n) is 7.83. The quantitative estimate of drug-likeness (QED) is 0.898. The Hall–Kier alpha value is -0.890. The predicted octanol–water partition coefficient (Wildman–Crippen LogP) is 1.97.